The number of anilines is 1. The van der Waals surface area contributed by atoms with Crippen molar-refractivity contribution < 1.29 is 9.72 Å². The van der Waals surface area contributed by atoms with Crippen LogP contribution in [0.5, 0.6) is 0 Å². The van der Waals surface area contributed by atoms with Crippen LogP contribution in [0.4, 0.5) is 11.4 Å². The number of carbonyl (C=O) groups excluding carboxylic acids is 1. The number of non-ortho nitro benzene ring substituents is 1. The van der Waals surface area contributed by atoms with Gasteiger partial charge in [-0.15, -0.1) is 11.3 Å². The van der Waals surface area contributed by atoms with E-state index in [0.717, 1.165) is 34.5 Å². The lowest BCUT2D eigenvalue weighted by Crippen LogP contribution is -2.26. The molecule has 32 heavy (non-hydrogen) atoms. The first-order valence-corrected chi connectivity index (χ1v) is 12.4. The van der Waals surface area contributed by atoms with Crippen molar-refractivity contribution in [3.8, 4) is 0 Å². The number of thiophene rings is 1. The molecule has 1 amide bonds. The Morgan fingerprint density at radius 1 is 1.34 bits per heavy atom. The van der Waals surface area contributed by atoms with Crippen molar-refractivity contribution >= 4 is 50.6 Å². The van der Waals surface area contributed by atoms with Gasteiger partial charge in [-0.1, -0.05) is 32.5 Å². The lowest BCUT2D eigenvalue weighted by atomic mass is 9.72. The number of nitrogens with zero attached hydrogens (tertiary/aromatic N) is 3. The number of nitro groups is 1. The van der Waals surface area contributed by atoms with Crippen LogP contribution in [0.25, 0.3) is 10.2 Å². The van der Waals surface area contributed by atoms with Crippen LogP contribution in [0.3, 0.4) is 0 Å². The molecule has 1 aliphatic rings. The van der Waals surface area contributed by atoms with Crippen LogP contribution in [0, 0.1) is 28.4 Å². The average molecular weight is 471 g/mol. The number of aryl methyl sites for hydroxylation is 2. The van der Waals surface area contributed by atoms with Crippen molar-refractivity contribution in [3.63, 3.8) is 0 Å². The van der Waals surface area contributed by atoms with Gasteiger partial charge in [-0.2, -0.15) is 0 Å². The molecule has 1 aliphatic carbocycles. The van der Waals surface area contributed by atoms with E-state index in [4.69, 9.17) is 0 Å². The largest absolute Gasteiger partial charge is 0.325 e. The SMILES string of the molecule is Cc1cc([N+](=O)[O-])ccc1NC(=O)CSc1ncnc2sc3c(c12)CCC(C(C)(C)C)C3. The normalized spacial score (nSPS) is 16.1. The molecule has 0 bridgehead atoms. The number of nitrogens with one attached hydrogen (secondary N) is 1. The van der Waals surface area contributed by atoms with Gasteiger partial charge in [0.2, 0.25) is 5.91 Å². The number of rotatable bonds is 5. The summed E-state index contributed by atoms with van der Waals surface area (Å²) < 4.78 is 0. The quantitative estimate of drug-likeness (QED) is 0.219. The van der Waals surface area contributed by atoms with E-state index in [1.165, 1.54) is 34.3 Å². The van der Waals surface area contributed by atoms with Gasteiger partial charge in [0.1, 0.15) is 16.2 Å². The Kier molecular flexibility index (Phi) is 6.22. The summed E-state index contributed by atoms with van der Waals surface area (Å²) in [5.41, 5.74) is 2.87. The third-order valence-corrected chi connectivity index (χ3v) is 8.22. The van der Waals surface area contributed by atoms with E-state index in [0.29, 0.717) is 17.2 Å². The molecule has 3 aromatic rings. The van der Waals surface area contributed by atoms with Crippen LogP contribution in [0.15, 0.2) is 29.6 Å². The molecule has 9 heteroatoms. The molecule has 2 aromatic heterocycles. The van der Waals surface area contributed by atoms with Crippen molar-refractivity contribution in [3.05, 3.63) is 50.6 Å². The lowest BCUT2D eigenvalue weighted by Gasteiger charge is -2.33. The zero-order chi connectivity index (χ0) is 23.0. The number of hydrogen-bond donors (Lipinski definition) is 1. The van der Waals surface area contributed by atoms with Gasteiger partial charge in [0.15, 0.2) is 0 Å². The summed E-state index contributed by atoms with van der Waals surface area (Å²) in [6, 6.07) is 4.42. The molecule has 168 valence electrons. The van der Waals surface area contributed by atoms with Crippen molar-refractivity contribution in [2.75, 3.05) is 11.1 Å². The Balaban J connectivity index is 1.49. The highest BCUT2D eigenvalue weighted by Gasteiger charge is 2.31. The van der Waals surface area contributed by atoms with Gasteiger partial charge in [-0.25, -0.2) is 9.97 Å². The predicted molar refractivity (Wildman–Crippen MR) is 130 cm³/mol. The van der Waals surface area contributed by atoms with Gasteiger partial charge in [-0.05, 0) is 54.7 Å². The molecule has 0 aliphatic heterocycles. The topological polar surface area (TPSA) is 98.0 Å². The molecule has 1 aromatic carbocycles. The number of nitro benzene ring substituents is 1. The summed E-state index contributed by atoms with van der Waals surface area (Å²) in [6.45, 7) is 8.67. The van der Waals surface area contributed by atoms with Crippen molar-refractivity contribution in [1.29, 1.82) is 0 Å². The van der Waals surface area contributed by atoms with E-state index < -0.39 is 4.92 Å². The first-order valence-electron chi connectivity index (χ1n) is 10.6. The Labute approximate surface area is 195 Å². The smallest absolute Gasteiger partial charge is 0.269 e. The fourth-order valence-electron chi connectivity index (χ4n) is 4.15. The summed E-state index contributed by atoms with van der Waals surface area (Å²) >= 11 is 3.17. The van der Waals surface area contributed by atoms with Gasteiger partial charge < -0.3 is 5.32 Å². The number of amides is 1. The molecular formula is C23H26N4O3S2. The summed E-state index contributed by atoms with van der Waals surface area (Å²) in [4.78, 5) is 34.4. The third kappa shape index (κ3) is 4.63. The van der Waals surface area contributed by atoms with E-state index in [1.54, 1.807) is 30.7 Å². The van der Waals surface area contributed by atoms with E-state index >= 15 is 0 Å². The maximum atomic E-state index is 12.6. The summed E-state index contributed by atoms with van der Waals surface area (Å²) in [5.74, 6) is 0.691. The Hall–Kier alpha value is -2.52. The number of aromatic nitrogens is 2. The zero-order valence-corrected chi connectivity index (χ0v) is 20.2. The van der Waals surface area contributed by atoms with Crippen LogP contribution in [0.2, 0.25) is 0 Å². The van der Waals surface area contributed by atoms with Crippen molar-refractivity contribution in [2.45, 2.75) is 52.0 Å². The number of carbonyl (C=O) groups is 1. The highest BCUT2D eigenvalue weighted by molar-refractivity contribution is 8.00. The fourth-order valence-corrected chi connectivity index (χ4v) is 6.31. The minimum atomic E-state index is -0.444. The Bertz CT molecular complexity index is 1200. The van der Waals surface area contributed by atoms with Crippen molar-refractivity contribution in [1.82, 2.24) is 9.97 Å². The summed E-state index contributed by atoms with van der Waals surface area (Å²) in [7, 11) is 0. The number of benzene rings is 1. The van der Waals surface area contributed by atoms with Gasteiger partial charge in [0.05, 0.1) is 10.7 Å². The minimum Gasteiger partial charge on any atom is -0.325 e. The molecule has 1 N–H and O–H groups in total. The summed E-state index contributed by atoms with van der Waals surface area (Å²) in [5, 5.41) is 15.7. The van der Waals surface area contributed by atoms with Gasteiger partial charge >= 0.3 is 0 Å². The van der Waals surface area contributed by atoms with Crippen LogP contribution >= 0.6 is 23.1 Å². The van der Waals surface area contributed by atoms with Crippen LogP contribution in [-0.4, -0.2) is 26.6 Å². The fraction of sp³-hybridized carbons (Fsp3) is 0.435. The number of thioether (sulfide) groups is 1. The highest BCUT2D eigenvalue weighted by atomic mass is 32.2. The molecule has 0 saturated heterocycles. The number of hydrogen-bond acceptors (Lipinski definition) is 7. The van der Waals surface area contributed by atoms with E-state index in [2.05, 4.69) is 36.1 Å². The maximum Gasteiger partial charge on any atom is 0.269 e. The molecule has 0 spiro atoms. The lowest BCUT2D eigenvalue weighted by molar-refractivity contribution is -0.384. The number of fused-ring (bicyclic) bond motifs is 3. The van der Waals surface area contributed by atoms with E-state index in [-0.39, 0.29) is 22.8 Å². The molecule has 1 unspecified atom stereocenters. The summed E-state index contributed by atoms with van der Waals surface area (Å²) in [6.07, 6.45) is 4.82. The predicted octanol–water partition coefficient (Wildman–Crippen LogP) is 5.79. The highest BCUT2D eigenvalue weighted by Crippen LogP contribution is 2.44. The first kappa shape index (κ1) is 22.7. The zero-order valence-electron chi connectivity index (χ0n) is 18.6. The van der Waals surface area contributed by atoms with Crippen LogP contribution in [0.1, 0.15) is 43.2 Å². The van der Waals surface area contributed by atoms with Gasteiger partial charge in [0.25, 0.3) is 5.69 Å². The molecule has 0 radical (unpaired) electrons. The molecule has 0 saturated carbocycles. The Morgan fingerprint density at radius 2 is 2.12 bits per heavy atom. The molecule has 1 atom stereocenters. The van der Waals surface area contributed by atoms with Gasteiger partial charge in [-0.3, -0.25) is 14.9 Å². The second kappa shape index (κ2) is 8.78. The van der Waals surface area contributed by atoms with E-state index in [1.807, 2.05) is 0 Å². The maximum absolute atomic E-state index is 12.6. The second-order valence-corrected chi connectivity index (χ2v) is 11.3. The van der Waals surface area contributed by atoms with Crippen molar-refractivity contribution in [2.24, 2.45) is 11.3 Å². The van der Waals surface area contributed by atoms with Gasteiger partial charge in [0, 0.05) is 28.1 Å². The average Bonchev–Trinajstić information content (AvgIpc) is 3.11. The van der Waals surface area contributed by atoms with Crippen LogP contribution < -0.4 is 5.32 Å². The standard InChI is InChI=1S/C23H26N4O3S2/c1-13-9-15(27(29)30)6-8-17(13)26-19(28)11-31-21-20-16-7-5-14(23(2,3)4)10-18(16)32-22(20)25-12-24-21/h6,8-9,12,14H,5,7,10-11H2,1-4H3,(H,26,28). The van der Waals surface area contributed by atoms with E-state index in [9.17, 15) is 14.9 Å². The molecule has 2 heterocycles. The molecular weight excluding hydrogens is 444 g/mol. The minimum absolute atomic E-state index is 0.00850. The monoisotopic (exact) mass is 470 g/mol. The van der Waals surface area contributed by atoms with Crippen LogP contribution in [-0.2, 0) is 17.6 Å². The first-order chi connectivity index (χ1) is 15.1. The molecule has 0 fully saturated rings. The molecule has 7 nitrogen and oxygen atoms in total. The second-order valence-electron chi connectivity index (χ2n) is 9.26. The third-order valence-electron chi connectivity index (χ3n) is 6.07. The molecule has 4 rings (SSSR count). The Morgan fingerprint density at radius 3 is 2.81 bits per heavy atom.